The number of halogens is 1. The number of nitrogens with zero attached hydrogens (tertiary/aromatic N) is 2. The van der Waals surface area contributed by atoms with E-state index in [-0.39, 0.29) is 24.9 Å². The molecule has 1 aromatic heterocycles. The number of alkyl halides is 1. The van der Waals surface area contributed by atoms with Crippen LogP contribution in [0, 0.1) is 5.92 Å². The number of aryl methyl sites for hydroxylation is 1. The summed E-state index contributed by atoms with van der Waals surface area (Å²) in [6.45, 7) is 8.32. The van der Waals surface area contributed by atoms with Crippen molar-refractivity contribution in [2.75, 3.05) is 26.4 Å². The maximum Gasteiger partial charge on any atom is 0.310 e. The number of esters is 1. The first-order valence-corrected chi connectivity index (χ1v) is 10.9. The third-order valence-electron chi connectivity index (χ3n) is 6.46. The highest BCUT2D eigenvalue weighted by atomic mass is 19.1. The number of carbonyl (C=O) groups is 1. The molecule has 4 nitrogen and oxygen atoms in total. The van der Waals surface area contributed by atoms with E-state index in [0.717, 1.165) is 32.4 Å². The molecule has 156 valence electrons. The van der Waals surface area contributed by atoms with E-state index in [0.29, 0.717) is 18.5 Å². The van der Waals surface area contributed by atoms with Gasteiger partial charge in [-0.1, -0.05) is 25.1 Å². The fourth-order valence-corrected chi connectivity index (χ4v) is 5.29. The zero-order valence-corrected chi connectivity index (χ0v) is 17.3. The number of aromatic nitrogens is 1. The van der Waals surface area contributed by atoms with Crippen molar-refractivity contribution < 1.29 is 13.9 Å². The van der Waals surface area contributed by atoms with Crippen LogP contribution in [0.4, 0.5) is 4.39 Å². The van der Waals surface area contributed by atoms with Crippen LogP contribution in [0.3, 0.4) is 0 Å². The maximum atomic E-state index is 12.7. The predicted molar refractivity (Wildman–Crippen MR) is 114 cm³/mol. The van der Waals surface area contributed by atoms with Gasteiger partial charge in [-0.05, 0) is 36.5 Å². The molecule has 0 bridgehead atoms. The fourth-order valence-electron chi connectivity index (χ4n) is 5.29. The summed E-state index contributed by atoms with van der Waals surface area (Å²) in [6, 6.07) is 6.97. The topological polar surface area (TPSA) is 34.5 Å². The molecular weight excluding hydrogens is 367 g/mol. The third kappa shape index (κ3) is 3.73. The van der Waals surface area contributed by atoms with Gasteiger partial charge in [0.1, 0.15) is 0 Å². The Morgan fingerprint density at radius 3 is 3.03 bits per heavy atom. The molecule has 5 heteroatoms. The molecule has 0 radical (unpaired) electrons. The number of carbonyl (C=O) groups excluding carboxylic acids is 1. The second-order valence-corrected chi connectivity index (χ2v) is 8.35. The molecule has 2 aromatic rings. The predicted octanol–water partition coefficient (Wildman–Crippen LogP) is 4.47. The van der Waals surface area contributed by atoms with E-state index in [1.807, 2.05) is 6.08 Å². The van der Waals surface area contributed by atoms with Crippen molar-refractivity contribution in [3.8, 4) is 0 Å². The summed E-state index contributed by atoms with van der Waals surface area (Å²) < 4.78 is 20.1. The summed E-state index contributed by atoms with van der Waals surface area (Å²) in [5.74, 6) is -0.0612. The second-order valence-electron chi connectivity index (χ2n) is 8.35. The zero-order valence-electron chi connectivity index (χ0n) is 17.3. The van der Waals surface area contributed by atoms with Crippen molar-refractivity contribution in [1.29, 1.82) is 0 Å². The molecule has 1 fully saturated rings. The van der Waals surface area contributed by atoms with Gasteiger partial charge in [0.05, 0.1) is 19.2 Å². The molecule has 2 heterocycles. The van der Waals surface area contributed by atoms with Gasteiger partial charge in [0, 0.05) is 55.1 Å². The second kappa shape index (κ2) is 8.70. The highest BCUT2D eigenvalue weighted by molar-refractivity contribution is 5.89. The number of piperidine rings is 1. The highest BCUT2D eigenvalue weighted by Crippen LogP contribution is 2.45. The van der Waals surface area contributed by atoms with Crippen molar-refractivity contribution in [3.63, 3.8) is 0 Å². The molecule has 1 unspecified atom stereocenters. The zero-order chi connectivity index (χ0) is 20.4. The molecule has 3 atom stereocenters. The Bertz CT molecular complexity index is 890. The van der Waals surface area contributed by atoms with Crippen LogP contribution >= 0.6 is 0 Å². The lowest BCUT2D eigenvalue weighted by molar-refractivity contribution is -0.151. The Morgan fingerprint density at radius 1 is 1.41 bits per heavy atom. The van der Waals surface area contributed by atoms with Crippen LogP contribution in [0.2, 0.25) is 0 Å². The number of ether oxygens (including phenoxy) is 1. The molecular formula is C24H31FN2O2. The molecule has 4 rings (SSSR count). The van der Waals surface area contributed by atoms with Crippen LogP contribution in [0.5, 0.6) is 0 Å². The first-order valence-electron chi connectivity index (χ1n) is 10.9. The van der Waals surface area contributed by atoms with Crippen LogP contribution in [-0.2, 0) is 22.5 Å². The van der Waals surface area contributed by atoms with Gasteiger partial charge in [0.15, 0.2) is 0 Å². The average Bonchev–Trinajstić information content (AvgIpc) is 3.08. The molecule has 2 aliphatic rings. The van der Waals surface area contributed by atoms with Crippen molar-refractivity contribution in [2.24, 2.45) is 5.92 Å². The lowest BCUT2D eigenvalue weighted by Gasteiger charge is -2.46. The number of rotatable bonds is 8. The average molecular weight is 399 g/mol. The van der Waals surface area contributed by atoms with E-state index >= 15 is 0 Å². The van der Waals surface area contributed by atoms with Gasteiger partial charge < -0.3 is 9.30 Å². The minimum absolute atomic E-state index is 0.168. The van der Waals surface area contributed by atoms with Gasteiger partial charge in [-0.3, -0.25) is 14.1 Å². The lowest BCUT2D eigenvalue weighted by atomic mass is 9.72. The first-order chi connectivity index (χ1) is 14.2. The molecule has 0 N–H and O–H groups in total. The van der Waals surface area contributed by atoms with E-state index < -0.39 is 6.67 Å². The Hall–Kier alpha value is -2.14. The van der Waals surface area contributed by atoms with Crippen LogP contribution in [0.25, 0.3) is 10.9 Å². The number of likely N-dealkylation sites (tertiary alicyclic amines) is 1. The number of hydrogen-bond donors (Lipinski definition) is 0. The van der Waals surface area contributed by atoms with Crippen LogP contribution < -0.4 is 0 Å². The SMILES string of the molecule is C=CCN1C[C@H](C(=O)OCCCF)CC2c3cccc4c3c(cn4CCC)C[C@H]21. The summed E-state index contributed by atoms with van der Waals surface area (Å²) in [4.78, 5) is 15.1. The van der Waals surface area contributed by atoms with E-state index in [9.17, 15) is 9.18 Å². The number of hydrogen-bond acceptors (Lipinski definition) is 3. The molecule has 0 spiro atoms. The van der Waals surface area contributed by atoms with Crippen molar-refractivity contribution in [3.05, 3.63) is 48.2 Å². The molecule has 1 aliphatic heterocycles. The van der Waals surface area contributed by atoms with Crippen LogP contribution in [0.1, 0.15) is 43.2 Å². The Morgan fingerprint density at radius 2 is 2.28 bits per heavy atom. The van der Waals surface area contributed by atoms with Crippen LogP contribution in [0.15, 0.2) is 37.1 Å². The molecule has 0 saturated carbocycles. The monoisotopic (exact) mass is 398 g/mol. The van der Waals surface area contributed by atoms with Gasteiger partial charge in [-0.2, -0.15) is 0 Å². The van der Waals surface area contributed by atoms with Crippen LogP contribution in [-0.4, -0.2) is 47.8 Å². The molecule has 1 aliphatic carbocycles. The van der Waals surface area contributed by atoms with E-state index in [1.54, 1.807) is 0 Å². The fraction of sp³-hybridized carbons (Fsp3) is 0.542. The Kier molecular flexibility index (Phi) is 6.04. The number of fused-ring (bicyclic) bond motifs is 2. The Balaban J connectivity index is 1.67. The van der Waals surface area contributed by atoms with E-state index in [1.165, 1.54) is 22.0 Å². The van der Waals surface area contributed by atoms with Gasteiger partial charge >= 0.3 is 5.97 Å². The smallest absolute Gasteiger partial charge is 0.310 e. The molecule has 29 heavy (non-hydrogen) atoms. The van der Waals surface area contributed by atoms with Gasteiger partial charge in [0.25, 0.3) is 0 Å². The largest absolute Gasteiger partial charge is 0.465 e. The summed E-state index contributed by atoms with van der Waals surface area (Å²) in [6.07, 6.45) is 7.43. The molecule has 1 saturated heterocycles. The standard InChI is InChI=1S/C24H31FN2O2/c1-3-10-26-15-17-14-22-20(19-7-5-8-21(26)23(17)19)13-18(16-27(22)11-4-2)24(28)29-12-6-9-25/h4-5,7-8,15,18,20,22H,2-3,6,9-14,16H2,1H3/t18-,20?,22-/m1/s1. The summed E-state index contributed by atoms with van der Waals surface area (Å²) in [7, 11) is 0. The number of benzene rings is 1. The van der Waals surface area contributed by atoms with Gasteiger partial charge in [-0.15, -0.1) is 6.58 Å². The highest BCUT2D eigenvalue weighted by Gasteiger charge is 2.43. The summed E-state index contributed by atoms with van der Waals surface area (Å²) >= 11 is 0. The first kappa shape index (κ1) is 20.1. The van der Waals surface area contributed by atoms with Crippen molar-refractivity contribution in [2.45, 2.75) is 51.1 Å². The lowest BCUT2D eigenvalue weighted by Crippen LogP contribution is -2.51. The maximum absolute atomic E-state index is 12.7. The minimum Gasteiger partial charge on any atom is -0.465 e. The van der Waals surface area contributed by atoms with Crippen molar-refractivity contribution in [1.82, 2.24) is 9.47 Å². The Labute approximate surface area is 172 Å². The quantitative estimate of drug-likeness (QED) is 0.374. The minimum atomic E-state index is -0.454. The van der Waals surface area contributed by atoms with Gasteiger partial charge in [0.2, 0.25) is 0 Å². The molecule has 0 amide bonds. The van der Waals surface area contributed by atoms with E-state index in [2.05, 4.69) is 47.4 Å². The summed E-state index contributed by atoms with van der Waals surface area (Å²) in [5, 5.41) is 1.38. The summed E-state index contributed by atoms with van der Waals surface area (Å²) in [5.41, 5.74) is 4.09. The third-order valence-corrected chi connectivity index (χ3v) is 6.46. The normalized spacial score (nSPS) is 23.7. The van der Waals surface area contributed by atoms with Crippen molar-refractivity contribution >= 4 is 16.9 Å². The van der Waals surface area contributed by atoms with E-state index in [4.69, 9.17) is 4.74 Å². The van der Waals surface area contributed by atoms with Gasteiger partial charge in [-0.25, -0.2) is 0 Å². The molecule has 1 aromatic carbocycles.